The van der Waals surface area contributed by atoms with Crippen molar-refractivity contribution in [3.63, 3.8) is 0 Å². The van der Waals surface area contributed by atoms with Gasteiger partial charge in [-0.1, -0.05) is 74.5 Å². The standard InChI is InChI=1S/C24H29N3O3/c1-18(2)15-21-23(29)27(24(30)25-21)17-22(28)26(16-20-11-7-4-8-12-20)14-13-19-9-5-3-6-10-19/h3-12,18,21H,13-17H2,1-2H3,(H,25,30)/t21-/m1/s1. The van der Waals surface area contributed by atoms with Crippen LogP contribution in [0.25, 0.3) is 0 Å². The zero-order valence-corrected chi connectivity index (χ0v) is 17.6. The van der Waals surface area contributed by atoms with E-state index in [1.807, 2.05) is 74.5 Å². The van der Waals surface area contributed by atoms with E-state index in [1.54, 1.807) is 4.90 Å². The zero-order chi connectivity index (χ0) is 21.5. The second kappa shape index (κ2) is 10.1. The van der Waals surface area contributed by atoms with Crippen molar-refractivity contribution in [1.29, 1.82) is 0 Å². The predicted octanol–water partition coefficient (Wildman–Crippen LogP) is 3.22. The van der Waals surface area contributed by atoms with Crippen molar-refractivity contribution >= 4 is 17.8 Å². The molecule has 4 amide bonds. The van der Waals surface area contributed by atoms with Crippen molar-refractivity contribution in [3.8, 4) is 0 Å². The number of benzene rings is 2. The van der Waals surface area contributed by atoms with Crippen LogP contribution in [0.1, 0.15) is 31.4 Å². The average molecular weight is 408 g/mol. The summed E-state index contributed by atoms with van der Waals surface area (Å²) in [6, 6.07) is 18.7. The fourth-order valence-electron chi connectivity index (χ4n) is 3.60. The fraction of sp³-hybridized carbons (Fsp3) is 0.375. The molecule has 1 aliphatic rings. The second-order valence-corrected chi connectivity index (χ2v) is 8.09. The normalized spacial score (nSPS) is 16.1. The maximum atomic E-state index is 13.1. The molecule has 3 rings (SSSR count). The minimum Gasteiger partial charge on any atom is -0.336 e. The lowest BCUT2D eigenvalue weighted by Crippen LogP contribution is -2.43. The summed E-state index contributed by atoms with van der Waals surface area (Å²) >= 11 is 0. The molecule has 158 valence electrons. The first kappa shape index (κ1) is 21.6. The summed E-state index contributed by atoms with van der Waals surface area (Å²) in [5, 5.41) is 2.70. The summed E-state index contributed by atoms with van der Waals surface area (Å²) in [6.45, 7) is 4.71. The van der Waals surface area contributed by atoms with Crippen LogP contribution in [0.4, 0.5) is 4.79 Å². The molecule has 1 atom stereocenters. The molecule has 0 bridgehead atoms. The van der Waals surface area contributed by atoms with E-state index in [0.717, 1.165) is 16.0 Å². The van der Waals surface area contributed by atoms with Gasteiger partial charge in [-0.15, -0.1) is 0 Å². The minimum atomic E-state index is -0.544. The van der Waals surface area contributed by atoms with Gasteiger partial charge in [0.1, 0.15) is 12.6 Å². The highest BCUT2D eigenvalue weighted by molar-refractivity contribution is 6.06. The fourth-order valence-corrected chi connectivity index (χ4v) is 3.60. The Kier molecular flexibility index (Phi) is 7.22. The van der Waals surface area contributed by atoms with Gasteiger partial charge in [-0.25, -0.2) is 4.79 Å². The van der Waals surface area contributed by atoms with E-state index in [2.05, 4.69) is 5.32 Å². The van der Waals surface area contributed by atoms with Crippen LogP contribution in [0.3, 0.4) is 0 Å². The molecule has 6 nitrogen and oxygen atoms in total. The molecule has 6 heteroatoms. The van der Waals surface area contributed by atoms with Crippen molar-refractivity contribution in [1.82, 2.24) is 15.1 Å². The monoisotopic (exact) mass is 407 g/mol. The largest absolute Gasteiger partial charge is 0.336 e. The van der Waals surface area contributed by atoms with E-state index in [9.17, 15) is 14.4 Å². The lowest BCUT2D eigenvalue weighted by molar-refractivity contribution is -0.137. The molecule has 0 aromatic heterocycles. The van der Waals surface area contributed by atoms with Crippen molar-refractivity contribution in [3.05, 3.63) is 71.8 Å². The van der Waals surface area contributed by atoms with Crippen LogP contribution in [-0.4, -0.2) is 46.8 Å². The van der Waals surface area contributed by atoms with Crippen molar-refractivity contribution in [2.75, 3.05) is 13.1 Å². The summed E-state index contributed by atoms with van der Waals surface area (Å²) in [7, 11) is 0. The second-order valence-electron chi connectivity index (χ2n) is 8.09. The number of nitrogens with one attached hydrogen (secondary N) is 1. The van der Waals surface area contributed by atoms with E-state index in [4.69, 9.17) is 0 Å². The van der Waals surface area contributed by atoms with Crippen LogP contribution in [0.5, 0.6) is 0 Å². The lowest BCUT2D eigenvalue weighted by atomic mass is 10.0. The summed E-state index contributed by atoms with van der Waals surface area (Å²) in [5.41, 5.74) is 2.14. The number of imide groups is 1. The van der Waals surface area contributed by atoms with Crippen LogP contribution in [0.15, 0.2) is 60.7 Å². The quantitative estimate of drug-likeness (QED) is 0.649. The molecule has 1 fully saturated rings. The smallest absolute Gasteiger partial charge is 0.325 e. The van der Waals surface area contributed by atoms with Gasteiger partial charge in [0.15, 0.2) is 0 Å². The summed E-state index contributed by atoms with van der Waals surface area (Å²) in [4.78, 5) is 40.8. The Bertz CT molecular complexity index is 868. The topological polar surface area (TPSA) is 69.7 Å². The van der Waals surface area contributed by atoms with E-state index in [0.29, 0.717) is 25.9 Å². The first-order valence-electron chi connectivity index (χ1n) is 10.4. The molecule has 0 radical (unpaired) electrons. The van der Waals surface area contributed by atoms with Gasteiger partial charge in [-0.2, -0.15) is 0 Å². The van der Waals surface area contributed by atoms with Gasteiger partial charge in [-0.05, 0) is 29.9 Å². The molecule has 0 aliphatic carbocycles. The first-order valence-corrected chi connectivity index (χ1v) is 10.4. The van der Waals surface area contributed by atoms with E-state index in [1.165, 1.54) is 0 Å². The van der Waals surface area contributed by atoms with E-state index in [-0.39, 0.29) is 24.3 Å². The third-order valence-corrected chi connectivity index (χ3v) is 5.19. The predicted molar refractivity (Wildman–Crippen MR) is 115 cm³/mol. The van der Waals surface area contributed by atoms with Gasteiger partial charge >= 0.3 is 6.03 Å². The SMILES string of the molecule is CC(C)C[C@H]1NC(=O)N(CC(=O)N(CCc2ccccc2)Cc2ccccc2)C1=O. The molecule has 0 saturated carbocycles. The Morgan fingerprint density at radius 3 is 2.20 bits per heavy atom. The van der Waals surface area contributed by atoms with Gasteiger partial charge in [-0.3, -0.25) is 14.5 Å². The van der Waals surface area contributed by atoms with E-state index >= 15 is 0 Å². The Balaban J connectivity index is 1.69. The number of nitrogens with zero attached hydrogens (tertiary/aromatic N) is 2. The van der Waals surface area contributed by atoms with Gasteiger partial charge in [0.05, 0.1) is 0 Å². The molecular weight excluding hydrogens is 378 g/mol. The maximum Gasteiger partial charge on any atom is 0.325 e. The molecule has 2 aromatic rings. The van der Waals surface area contributed by atoms with Gasteiger partial charge < -0.3 is 10.2 Å². The molecule has 30 heavy (non-hydrogen) atoms. The van der Waals surface area contributed by atoms with Crippen molar-refractivity contribution in [2.45, 2.75) is 39.3 Å². The molecule has 0 unspecified atom stereocenters. The highest BCUT2D eigenvalue weighted by atomic mass is 16.2. The number of amides is 4. The van der Waals surface area contributed by atoms with Crippen LogP contribution >= 0.6 is 0 Å². The average Bonchev–Trinajstić information content (AvgIpc) is 2.99. The van der Waals surface area contributed by atoms with Crippen LogP contribution in [0, 0.1) is 5.92 Å². The summed E-state index contributed by atoms with van der Waals surface area (Å²) in [5.74, 6) is -0.274. The summed E-state index contributed by atoms with van der Waals surface area (Å²) < 4.78 is 0. The van der Waals surface area contributed by atoms with Crippen LogP contribution < -0.4 is 5.32 Å². The van der Waals surface area contributed by atoms with Crippen molar-refractivity contribution in [2.24, 2.45) is 5.92 Å². The Morgan fingerprint density at radius 1 is 1.00 bits per heavy atom. The lowest BCUT2D eigenvalue weighted by Gasteiger charge is -2.25. The highest BCUT2D eigenvalue weighted by Gasteiger charge is 2.39. The van der Waals surface area contributed by atoms with Crippen molar-refractivity contribution < 1.29 is 14.4 Å². The van der Waals surface area contributed by atoms with Gasteiger partial charge in [0.25, 0.3) is 5.91 Å². The number of hydrogen-bond acceptors (Lipinski definition) is 3. The molecular formula is C24H29N3O3. The number of hydrogen-bond donors (Lipinski definition) is 1. The summed E-state index contributed by atoms with van der Waals surface area (Å²) in [6.07, 6.45) is 1.27. The molecule has 1 N–H and O–H groups in total. The Labute approximate surface area is 177 Å². The van der Waals surface area contributed by atoms with Crippen LogP contribution in [0.2, 0.25) is 0 Å². The van der Waals surface area contributed by atoms with Crippen LogP contribution in [-0.2, 0) is 22.6 Å². The third-order valence-electron chi connectivity index (χ3n) is 5.19. The highest BCUT2D eigenvalue weighted by Crippen LogP contribution is 2.15. The molecule has 1 heterocycles. The number of rotatable bonds is 9. The molecule has 1 aliphatic heterocycles. The number of carbonyl (C=O) groups is 3. The molecule has 1 saturated heterocycles. The molecule has 2 aromatic carbocycles. The Morgan fingerprint density at radius 2 is 1.60 bits per heavy atom. The maximum absolute atomic E-state index is 13.1. The van der Waals surface area contributed by atoms with Gasteiger partial charge in [0.2, 0.25) is 5.91 Å². The molecule has 0 spiro atoms. The Hall–Kier alpha value is -3.15. The third kappa shape index (κ3) is 5.69. The zero-order valence-electron chi connectivity index (χ0n) is 17.6. The number of carbonyl (C=O) groups excluding carboxylic acids is 3. The first-order chi connectivity index (χ1) is 14.4. The minimum absolute atomic E-state index is 0.233. The van der Waals surface area contributed by atoms with Gasteiger partial charge in [0, 0.05) is 13.1 Å². The van der Waals surface area contributed by atoms with E-state index < -0.39 is 12.1 Å². The number of urea groups is 1.